The van der Waals surface area contributed by atoms with Crippen LogP contribution in [0.5, 0.6) is 0 Å². The second kappa shape index (κ2) is 13.9. The maximum absolute atomic E-state index is 15.7. The molecule has 59 heavy (non-hydrogen) atoms. The summed E-state index contributed by atoms with van der Waals surface area (Å²) >= 11 is 0. The number of hydrogen-bond donors (Lipinski definition) is 2. The van der Waals surface area contributed by atoms with E-state index in [-0.39, 0.29) is 58.0 Å². The zero-order chi connectivity index (χ0) is 42.0. The topological polar surface area (TPSA) is 113 Å². The molecule has 322 valence electrons. The highest BCUT2D eigenvalue weighted by atomic mass is 16.5. The summed E-state index contributed by atoms with van der Waals surface area (Å²) in [7, 11) is 0. The number of fused-ring (bicyclic) bond motifs is 7. The second-order valence-corrected chi connectivity index (χ2v) is 23.6. The van der Waals surface area contributed by atoms with Crippen LogP contribution in [0.4, 0.5) is 0 Å². The van der Waals surface area contributed by atoms with Gasteiger partial charge in [0.15, 0.2) is 0 Å². The van der Waals surface area contributed by atoms with E-state index in [1.807, 2.05) is 26.1 Å². The number of aromatic amines is 1. The quantitative estimate of drug-likeness (QED) is 0.244. The number of benzene rings is 1. The van der Waals surface area contributed by atoms with Gasteiger partial charge in [-0.2, -0.15) is 0 Å². The van der Waals surface area contributed by atoms with Gasteiger partial charge in [-0.1, -0.05) is 85.7 Å². The molecule has 0 bridgehead atoms. The molecule has 8 nitrogen and oxygen atoms in total. The smallest absolute Gasteiger partial charge is 0.306 e. The lowest BCUT2D eigenvalue weighted by Crippen LogP contribution is -2.67. The minimum absolute atomic E-state index is 0.0105. The summed E-state index contributed by atoms with van der Waals surface area (Å²) in [5.41, 5.74) is 1.89. The van der Waals surface area contributed by atoms with E-state index >= 15 is 4.79 Å². The number of carboxylic acids is 1. The van der Waals surface area contributed by atoms with Crippen molar-refractivity contribution in [2.75, 3.05) is 6.54 Å². The van der Waals surface area contributed by atoms with Gasteiger partial charge < -0.3 is 19.7 Å². The number of carboxylic acid groups (broad SMARTS) is 1. The number of ether oxygens (including phenoxy) is 1. The van der Waals surface area contributed by atoms with Gasteiger partial charge in [0, 0.05) is 12.0 Å². The van der Waals surface area contributed by atoms with Crippen LogP contribution >= 0.6 is 0 Å². The maximum Gasteiger partial charge on any atom is 0.306 e. The summed E-state index contributed by atoms with van der Waals surface area (Å²) in [4.78, 5) is 51.4. The summed E-state index contributed by atoms with van der Waals surface area (Å²) in [6.45, 7) is 19.8. The van der Waals surface area contributed by atoms with Crippen molar-refractivity contribution < 1.29 is 24.2 Å². The van der Waals surface area contributed by atoms with Crippen molar-refractivity contribution in [2.45, 2.75) is 170 Å². The normalized spacial score (nSPS) is 40.6. The fourth-order valence-electron chi connectivity index (χ4n) is 16.4. The van der Waals surface area contributed by atoms with Crippen molar-refractivity contribution in [3.63, 3.8) is 0 Å². The van der Waals surface area contributed by atoms with Gasteiger partial charge in [0.2, 0.25) is 5.91 Å². The van der Waals surface area contributed by atoms with Crippen LogP contribution in [0.2, 0.25) is 0 Å². The predicted octanol–water partition coefficient (Wildman–Crippen LogP) is 11.4. The average Bonchev–Trinajstić information content (AvgIpc) is 3.56. The molecule has 2 N–H and O–H groups in total. The molecule has 1 amide bonds. The molecule has 7 aliphatic rings. The van der Waals surface area contributed by atoms with Crippen LogP contribution in [0.15, 0.2) is 36.5 Å². The minimum atomic E-state index is -0.881. The van der Waals surface area contributed by atoms with Gasteiger partial charge in [-0.3, -0.25) is 14.4 Å². The Labute approximate surface area is 353 Å². The molecular weight excluding hydrogens is 735 g/mol. The Bertz CT molecular complexity index is 1970. The largest absolute Gasteiger partial charge is 0.481 e. The number of carbonyl (C=O) groups is 3. The van der Waals surface area contributed by atoms with E-state index < -0.39 is 11.4 Å². The van der Waals surface area contributed by atoms with Crippen molar-refractivity contribution in [3.8, 4) is 11.3 Å². The number of carbonyl (C=O) groups excluding carboxylic acids is 2. The Morgan fingerprint density at radius 2 is 1.56 bits per heavy atom. The molecule has 0 radical (unpaired) electrons. The van der Waals surface area contributed by atoms with E-state index in [9.17, 15) is 14.7 Å². The molecule has 2 aromatic rings. The number of hydrogen-bond acceptors (Lipinski definition) is 5. The maximum atomic E-state index is 15.7. The Morgan fingerprint density at radius 3 is 2.27 bits per heavy atom. The molecule has 2 heterocycles. The van der Waals surface area contributed by atoms with E-state index in [1.165, 1.54) is 38.5 Å². The Hall–Kier alpha value is -3.16. The van der Waals surface area contributed by atoms with Crippen molar-refractivity contribution in [1.29, 1.82) is 0 Å². The first-order chi connectivity index (χ1) is 27.8. The zero-order valence-corrected chi connectivity index (χ0v) is 37.5. The van der Waals surface area contributed by atoms with Crippen LogP contribution in [-0.4, -0.2) is 50.5 Å². The molecule has 6 aliphatic carbocycles. The van der Waals surface area contributed by atoms with Crippen LogP contribution in [0, 0.1) is 67.5 Å². The predicted molar refractivity (Wildman–Crippen MR) is 230 cm³/mol. The molecule has 7 fully saturated rings. The number of aliphatic carboxylic acids is 1. The average molecular weight is 808 g/mol. The summed E-state index contributed by atoms with van der Waals surface area (Å²) in [6, 6.07) is 10.4. The highest BCUT2D eigenvalue weighted by Crippen LogP contribution is 2.79. The summed E-state index contributed by atoms with van der Waals surface area (Å²) in [6.07, 6.45) is 17.5. The lowest BCUT2D eigenvalue weighted by Gasteiger charge is -2.73. The lowest BCUT2D eigenvalue weighted by molar-refractivity contribution is -0.251. The Balaban J connectivity index is 0.980. The molecule has 1 aliphatic heterocycles. The molecule has 1 aromatic heterocycles. The number of imidazole rings is 1. The highest BCUT2D eigenvalue weighted by Gasteiger charge is 2.74. The van der Waals surface area contributed by atoms with Crippen molar-refractivity contribution >= 4 is 17.8 Å². The molecule has 8 heteroatoms. The fraction of sp³-hybridized carbons (Fsp3) is 0.765. The molecule has 0 unspecified atom stereocenters. The number of H-pyrrole nitrogens is 1. The van der Waals surface area contributed by atoms with E-state index in [0.717, 1.165) is 75.0 Å². The minimum Gasteiger partial charge on any atom is -0.481 e. The van der Waals surface area contributed by atoms with Gasteiger partial charge in [-0.25, -0.2) is 4.98 Å². The van der Waals surface area contributed by atoms with E-state index in [4.69, 9.17) is 9.72 Å². The molecule has 6 saturated carbocycles. The zero-order valence-electron chi connectivity index (χ0n) is 37.5. The van der Waals surface area contributed by atoms with E-state index in [1.54, 1.807) is 0 Å². The second-order valence-electron chi connectivity index (χ2n) is 23.6. The van der Waals surface area contributed by atoms with Crippen LogP contribution in [-0.2, 0) is 19.1 Å². The Morgan fingerprint density at radius 1 is 0.814 bits per heavy atom. The number of nitrogens with zero attached hydrogens (tertiary/aromatic N) is 2. The first kappa shape index (κ1) is 41.2. The molecule has 11 atom stereocenters. The van der Waals surface area contributed by atoms with Gasteiger partial charge in [-0.15, -0.1) is 0 Å². The molecular formula is C51H73N3O5. The van der Waals surface area contributed by atoms with Crippen molar-refractivity contribution in [3.05, 3.63) is 42.4 Å². The standard InChI is InChI=1S/C51H73N3O5/c1-45(2,29-40(55)56)30-41(57)59-39-20-21-48(6)37(46(39,3)4)19-22-50(8)38(48)17-16-34-42-33(47(5)24-25-47)18-23-51(42,27-26-49(34,50)7)44(58)54-28-12-15-36(54)43-52-31-35(53-43)32-13-10-9-11-14-32/h9-11,13-14,31,33-34,36-39,42H,12,15-30H2,1-8H3,(H,52,53)(H,55,56)/t33-,34-,36-,37+,38-,39+,42-,48+,49-,50-,51+/m1/s1. The number of nitrogens with one attached hydrogen (secondary N) is 1. The number of rotatable bonds is 9. The Kier molecular flexibility index (Phi) is 9.73. The summed E-state index contributed by atoms with van der Waals surface area (Å²) in [5.74, 6) is 2.86. The van der Waals surface area contributed by atoms with Gasteiger partial charge in [0.1, 0.15) is 11.9 Å². The van der Waals surface area contributed by atoms with Gasteiger partial charge in [0.25, 0.3) is 0 Å². The number of aromatic nitrogens is 2. The van der Waals surface area contributed by atoms with E-state index in [2.05, 4.69) is 75.7 Å². The molecule has 0 spiro atoms. The first-order valence-corrected chi connectivity index (χ1v) is 23.6. The van der Waals surface area contributed by atoms with Crippen LogP contribution in [0.1, 0.15) is 170 Å². The summed E-state index contributed by atoms with van der Waals surface area (Å²) < 4.78 is 6.34. The van der Waals surface area contributed by atoms with Crippen LogP contribution in [0.25, 0.3) is 11.3 Å². The third-order valence-corrected chi connectivity index (χ3v) is 19.8. The lowest BCUT2D eigenvalue weighted by atomic mass is 9.32. The molecule has 9 rings (SSSR count). The van der Waals surface area contributed by atoms with Gasteiger partial charge in [0.05, 0.1) is 36.2 Å². The summed E-state index contributed by atoms with van der Waals surface area (Å²) in [5, 5.41) is 9.42. The van der Waals surface area contributed by atoms with Crippen molar-refractivity contribution in [2.24, 2.45) is 67.5 Å². The number of likely N-dealkylation sites (tertiary alicyclic amines) is 1. The van der Waals surface area contributed by atoms with Crippen LogP contribution < -0.4 is 0 Å². The van der Waals surface area contributed by atoms with Gasteiger partial charge >= 0.3 is 11.9 Å². The monoisotopic (exact) mass is 808 g/mol. The van der Waals surface area contributed by atoms with E-state index in [0.29, 0.717) is 40.9 Å². The number of esters is 1. The SMILES string of the molecule is CC(C)(CC(=O)O)CC(=O)O[C@H]1CC[C@]2(C)[C@H]3CC[C@@H]4[C@H]5[C@H](C6(C)CC6)CC[C@]5(C(=O)N5CCC[C@@H]5c5ncc(-c6ccccc6)[nH]5)CC[C@@]4(C)[C@]3(C)CC[C@H]2C1(C)C. The first-order valence-electron chi connectivity index (χ1n) is 23.6. The fourth-order valence-corrected chi connectivity index (χ4v) is 16.4. The molecule has 1 saturated heterocycles. The van der Waals surface area contributed by atoms with Crippen molar-refractivity contribution in [1.82, 2.24) is 14.9 Å². The highest BCUT2D eigenvalue weighted by molar-refractivity contribution is 5.84. The van der Waals surface area contributed by atoms with Gasteiger partial charge in [-0.05, 0) is 152 Å². The van der Waals surface area contributed by atoms with Crippen LogP contribution in [0.3, 0.4) is 0 Å². The molecule has 1 aromatic carbocycles. The number of amides is 1. The third-order valence-electron chi connectivity index (χ3n) is 19.8. The third kappa shape index (κ3) is 6.30.